The largest absolute Gasteiger partial charge is 0.366 e. The molecule has 1 rings (SSSR count). The monoisotopic (exact) mass is 296 g/mol. The van der Waals surface area contributed by atoms with Crippen LogP contribution < -0.4 is 22.1 Å². The highest BCUT2D eigenvalue weighted by atomic mass is 19.1. The predicted octanol–water partition coefficient (Wildman–Crippen LogP) is 0.700. The minimum atomic E-state index is -0.941. The lowest BCUT2D eigenvalue weighted by Crippen LogP contribution is -2.46. The second-order valence-corrected chi connectivity index (χ2v) is 4.40. The number of nitrogens with one attached hydrogen (secondary N) is 2. The maximum atomic E-state index is 13.3. The highest BCUT2D eigenvalue weighted by Crippen LogP contribution is 2.15. The average Bonchev–Trinajstić information content (AvgIpc) is 2.39. The fourth-order valence-electron chi connectivity index (χ4n) is 1.75. The zero-order valence-electron chi connectivity index (χ0n) is 11.5. The first-order valence-electron chi connectivity index (χ1n) is 6.31. The first-order valence-corrected chi connectivity index (χ1v) is 6.31. The number of hydrogen-bond acceptors (Lipinski definition) is 3. The molecule has 0 heterocycles. The van der Waals surface area contributed by atoms with Crippen LogP contribution >= 0.6 is 0 Å². The van der Waals surface area contributed by atoms with Crippen molar-refractivity contribution in [2.24, 2.45) is 11.5 Å². The molecule has 0 aliphatic heterocycles. The molecule has 7 nitrogen and oxygen atoms in total. The van der Waals surface area contributed by atoms with Gasteiger partial charge in [0, 0.05) is 5.69 Å². The Bertz CT molecular complexity index is 562. The third-order valence-corrected chi connectivity index (χ3v) is 2.71. The third-order valence-electron chi connectivity index (χ3n) is 2.71. The second-order valence-electron chi connectivity index (χ2n) is 4.40. The molecular formula is C13H17FN4O3. The van der Waals surface area contributed by atoms with Crippen LogP contribution in [0.15, 0.2) is 18.2 Å². The molecule has 0 aliphatic rings. The number of halogens is 1. The van der Waals surface area contributed by atoms with E-state index in [9.17, 15) is 18.8 Å². The summed E-state index contributed by atoms with van der Waals surface area (Å²) in [4.78, 5) is 33.9. The van der Waals surface area contributed by atoms with Crippen molar-refractivity contribution in [3.63, 3.8) is 0 Å². The molecule has 0 radical (unpaired) electrons. The van der Waals surface area contributed by atoms with Crippen molar-refractivity contribution < 1.29 is 18.8 Å². The second kappa shape index (κ2) is 7.22. The molecule has 1 aromatic rings. The number of hydrogen-bond donors (Lipinski definition) is 4. The minimum absolute atomic E-state index is 0.197. The number of primary amides is 2. The Morgan fingerprint density at radius 2 is 1.95 bits per heavy atom. The number of carbonyl (C=O) groups excluding carboxylic acids is 3. The molecule has 1 atom stereocenters. The van der Waals surface area contributed by atoms with E-state index in [1.807, 2.05) is 6.92 Å². The van der Waals surface area contributed by atoms with E-state index >= 15 is 0 Å². The van der Waals surface area contributed by atoms with Gasteiger partial charge in [-0.15, -0.1) is 0 Å². The third kappa shape index (κ3) is 4.75. The molecule has 21 heavy (non-hydrogen) atoms. The van der Waals surface area contributed by atoms with E-state index in [4.69, 9.17) is 11.5 Å². The Kier molecular flexibility index (Phi) is 5.65. The fourth-order valence-corrected chi connectivity index (χ4v) is 1.75. The summed E-state index contributed by atoms with van der Waals surface area (Å²) in [5, 5.41) is 4.78. The van der Waals surface area contributed by atoms with Gasteiger partial charge in [-0.05, 0) is 24.6 Å². The topological polar surface area (TPSA) is 127 Å². The van der Waals surface area contributed by atoms with Gasteiger partial charge in [-0.1, -0.05) is 13.3 Å². The Hall–Kier alpha value is -2.64. The van der Waals surface area contributed by atoms with Gasteiger partial charge in [-0.25, -0.2) is 9.18 Å². The van der Waals surface area contributed by atoms with E-state index in [0.29, 0.717) is 12.8 Å². The Morgan fingerprint density at radius 3 is 2.48 bits per heavy atom. The van der Waals surface area contributed by atoms with Crippen LogP contribution in [-0.2, 0) is 4.79 Å². The van der Waals surface area contributed by atoms with E-state index in [0.717, 1.165) is 12.1 Å². The van der Waals surface area contributed by atoms with Gasteiger partial charge in [0.1, 0.15) is 11.9 Å². The lowest BCUT2D eigenvalue weighted by atomic mass is 10.1. The van der Waals surface area contributed by atoms with E-state index < -0.39 is 29.7 Å². The van der Waals surface area contributed by atoms with E-state index in [1.54, 1.807) is 0 Å². The summed E-state index contributed by atoms with van der Waals surface area (Å²) in [7, 11) is 0. The maximum absolute atomic E-state index is 13.3. The van der Waals surface area contributed by atoms with Crippen molar-refractivity contribution in [3.8, 4) is 0 Å². The molecule has 0 aliphatic carbocycles. The van der Waals surface area contributed by atoms with Gasteiger partial charge >= 0.3 is 6.03 Å². The number of carbonyl (C=O) groups is 3. The average molecular weight is 296 g/mol. The highest BCUT2D eigenvalue weighted by molar-refractivity contribution is 5.99. The summed E-state index contributed by atoms with van der Waals surface area (Å²) in [6.45, 7) is 1.84. The van der Waals surface area contributed by atoms with E-state index in [-0.39, 0.29) is 11.3 Å². The first-order chi connectivity index (χ1) is 9.85. The Morgan fingerprint density at radius 1 is 1.29 bits per heavy atom. The maximum Gasteiger partial charge on any atom is 0.312 e. The number of urea groups is 1. The molecule has 114 valence electrons. The van der Waals surface area contributed by atoms with Crippen molar-refractivity contribution in [3.05, 3.63) is 29.6 Å². The van der Waals surface area contributed by atoms with Gasteiger partial charge in [0.25, 0.3) is 5.91 Å². The van der Waals surface area contributed by atoms with Crippen molar-refractivity contribution in [1.29, 1.82) is 0 Å². The zero-order chi connectivity index (χ0) is 16.0. The number of amides is 4. The summed E-state index contributed by atoms with van der Waals surface area (Å²) < 4.78 is 13.3. The summed E-state index contributed by atoms with van der Waals surface area (Å²) >= 11 is 0. The predicted molar refractivity (Wildman–Crippen MR) is 75.0 cm³/mol. The Labute approximate surface area is 120 Å². The molecule has 0 saturated heterocycles. The molecule has 0 saturated carbocycles. The van der Waals surface area contributed by atoms with Crippen LogP contribution in [0.2, 0.25) is 0 Å². The highest BCUT2D eigenvalue weighted by Gasteiger charge is 2.19. The zero-order valence-corrected chi connectivity index (χ0v) is 11.5. The number of benzene rings is 1. The quantitative estimate of drug-likeness (QED) is 0.617. The van der Waals surface area contributed by atoms with Crippen LogP contribution in [0, 0.1) is 5.82 Å². The number of nitrogens with two attached hydrogens (primary N) is 2. The molecule has 0 fully saturated rings. The lowest BCUT2D eigenvalue weighted by Gasteiger charge is -2.16. The van der Waals surface area contributed by atoms with E-state index in [2.05, 4.69) is 10.6 Å². The summed E-state index contributed by atoms with van der Waals surface area (Å²) in [5.41, 5.74) is 9.89. The van der Waals surface area contributed by atoms with Gasteiger partial charge in [-0.2, -0.15) is 0 Å². The number of anilines is 1. The van der Waals surface area contributed by atoms with Crippen LogP contribution in [0.5, 0.6) is 0 Å². The summed E-state index contributed by atoms with van der Waals surface area (Å²) in [5.74, 6) is -2.23. The smallest absolute Gasteiger partial charge is 0.312 e. The number of rotatable bonds is 6. The molecule has 8 heteroatoms. The standard InChI is InChI=1S/C13H17FN4O3/c1-2-3-10(18-13(16)21)12(20)17-7-4-5-9(14)8(6-7)11(15)19/h4-6,10H,2-3H2,1H3,(H2,15,19)(H,17,20)(H3,16,18,21). The molecule has 1 aromatic carbocycles. The summed E-state index contributed by atoms with van der Waals surface area (Å²) in [6.07, 6.45) is 1.03. The van der Waals surface area contributed by atoms with Crippen molar-refractivity contribution in [1.82, 2.24) is 5.32 Å². The van der Waals surface area contributed by atoms with Gasteiger partial charge in [-0.3, -0.25) is 9.59 Å². The molecule has 0 bridgehead atoms. The Balaban J connectivity index is 2.88. The van der Waals surface area contributed by atoms with Crippen molar-refractivity contribution in [2.45, 2.75) is 25.8 Å². The van der Waals surface area contributed by atoms with Crippen LogP contribution in [0.3, 0.4) is 0 Å². The molecule has 4 amide bonds. The van der Waals surface area contributed by atoms with Gasteiger partial charge in [0.2, 0.25) is 5.91 Å². The van der Waals surface area contributed by atoms with Crippen LogP contribution in [-0.4, -0.2) is 23.9 Å². The minimum Gasteiger partial charge on any atom is -0.366 e. The van der Waals surface area contributed by atoms with Gasteiger partial charge in [0.05, 0.1) is 5.56 Å². The van der Waals surface area contributed by atoms with Crippen molar-refractivity contribution in [2.75, 3.05) is 5.32 Å². The van der Waals surface area contributed by atoms with Gasteiger partial charge in [0.15, 0.2) is 0 Å². The molecule has 0 aromatic heterocycles. The molecular weight excluding hydrogens is 279 g/mol. The van der Waals surface area contributed by atoms with E-state index in [1.165, 1.54) is 6.07 Å². The van der Waals surface area contributed by atoms with Crippen LogP contribution in [0.25, 0.3) is 0 Å². The molecule has 0 spiro atoms. The first kappa shape index (κ1) is 16.4. The summed E-state index contributed by atoms with van der Waals surface area (Å²) in [6, 6.07) is 1.80. The molecule has 1 unspecified atom stereocenters. The fraction of sp³-hybridized carbons (Fsp3) is 0.308. The SMILES string of the molecule is CCCC(NC(N)=O)C(=O)Nc1ccc(F)c(C(N)=O)c1. The molecule has 6 N–H and O–H groups in total. The van der Waals surface area contributed by atoms with Gasteiger partial charge < -0.3 is 22.1 Å². The normalized spacial score (nSPS) is 11.5. The van der Waals surface area contributed by atoms with Crippen LogP contribution in [0.1, 0.15) is 30.1 Å². The van der Waals surface area contributed by atoms with Crippen LogP contribution in [0.4, 0.5) is 14.9 Å². The lowest BCUT2D eigenvalue weighted by molar-refractivity contribution is -0.118. The van der Waals surface area contributed by atoms with Crippen molar-refractivity contribution >= 4 is 23.5 Å².